The maximum Gasteiger partial charge on any atom is 0.304 e. The third-order valence-corrected chi connectivity index (χ3v) is 3.92. The normalized spacial score (nSPS) is 10.4. The molecule has 0 bridgehead atoms. The third kappa shape index (κ3) is 3.63. The number of nitrogens with zero attached hydrogens (tertiary/aromatic N) is 1. The van der Waals surface area contributed by atoms with Gasteiger partial charge in [0.15, 0.2) is 0 Å². The van der Waals surface area contributed by atoms with Crippen molar-refractivity contribution >= 4 is 23.1 Å². The van der Waals surface area contributed by atoms with Crippen LogP contribution in [0.1, 0.15) is 5.56 Å². The first-order valence-electron chi connectivity index (χ1n) is 6.00. The molecule has 0 radical (unpaired) electrons. The molecule has 0 atom stereocenters. The van der Waals surface area contributed by atoms with Crippen LogP contribution in [0.25, 0.3) is 0 Å². The van der Waals surface area contributed by atoms with Crippen molar-refractivity contribution in [2.45, 2.75) is 10.6 Å². The third-order valence-electron chi connectivity index (χ3n) is 2.79. The van der Waals surface area contributed by atoms with Crippen LogP contribution in [0.3, 0.4) is 0 Å². The highest BCUT2D eigenvalue weighted by atomic mass is 32.2. The van der Waals surface area contributed by atoms with Gasteiger partial charge in [0, 0.05) is 28.5 Å². The van der Waals surface area contributed by atoms with Crippen LogP contribution < -0.4 is 10.5 Å². The predicted molar refractivity (Wildman–Crippen MR) is 80.0 cm³/mol. The van der Waals surface area contributed by atoms with E-state index in [2.05, 4.69) is 0 Å². The summed E-state index contributed by atoms with van der Waals surface area (Å²) in [5.41, 5.74) is 6.40. The lowest BCUT2D eigenvalue weighted by Gasteiger charge is -2.09. The Labute approximate surface area is 125 Å². The molecule has 5 nitrogen and oxygen atoms in total. The highest BCUT2D eigenvalue weighted by molar-refractivity contribution is 7.98. The topological polar surface area (TPSA) is 78.4 Å². The molecule has 0 spiro atoms. The van der Waals surface area contributed by atoms with Gasteiger partial charge in [0.05, 0.1) is 12.0 Å². The molecule has 21 heavy (non-hydrogen) atoms. The molecule has 2 rings (SSSR count). The SMILES string of the molecule is COc1cc(N)ccc1SCc1ccc([N+](=O)[O-])c(F)c1. The molecular weight excluding hydrogens is 295 g/mol. The monoisotopic (exact) mass is 308 g/mol. The Kier molecular flexibility index (Phi) is 4.64. The number of ether oxygens (including phenoxy) is 1. The van der Waals surface area contributed by atoms with Gasteiger partial charge in [0.25, 0.3) is 0 Å². The molecule has 110 valence electrons. The van der Waals surface area contributed by atoms with Gasteiger partial charge in [-0.15, -0.1) is 11.8 Å². The van der Waals surface area contributed by atoms with E-state index in [1.54, 1.807) is 19.2 Å². The Bertz CT molecular complexity index is 679. The Morgan fingerprint density at radius 1 is 1.33 bits per heavy atom. The summed E-state index contributed by atoms with van der Waals surface area (Å²) in [6.07, 6.45) is 0. The molecular formula is C14H13FN2O3S. The van der Waals surface area contributed by atoms with Crippen LogP contribution in [-0.4, -0.2) is 12.0 Å². The predicted octanol–water partition coefficient (Wildman–Crippen LogP) is 3.62. The van der Waals surface area contributed by atoms with Crippen molar-refractivity contribution in [2.24, 2.45) is 0 Å². The first kappa shape index (κ1) is 15.1. The summed E-state index contributed by atoms with van der Waals surface area (Å²) in [4.78, 5) is 10.7. The number of thioether (sulfide) groups is 1. The fourth-order valence-corrected chi connectivity index (χ4v) is 2.70. The number of rotatable bonds is 5. The number of nitrogens with two attached hydrogens (primary N) is 1. The summed E-state index contributed by atoms with van der Waals surface area (Å²) in [6.45, 7) is 0. The Balaban J connectivity index is 2.13. The molecule has 0 heterocycles. The van der Waals surface area contributed by atoms with Gasteiger partial charge in [-0.2, -0.15) is 4.39 Å². The van der Waals surface area contributed by atoms with Gasteiger partial charge < -0.3 is 10.5 Å². The zero-order chi connectivity index (χ0) is 15.4. The molecule has 0 aliphatic rings. The second-order valence-electron chi connectivity index (χ2n) is 4.24. The highest BCUT2D eigenvalue weighted by Crippen LogP contribution is 2.33. The molecule has 0 fully saturated rings. The highest BCUT2D eigenvalue weighted by Gasteiger charge is 2.14. The van der Waals surface area contributed by atoms with Crippen LogP contribution in [-0.2, 0) is 5.75 Å². The van der Waals surface area contributed by atoms with E-state index in [0.29, 0.717) is 22.8 Å². The molecule has 0 saturated heterocycles. The number of benzene rings is 2. The van der Waals surface area contributed by atoms with Gasteiger partial charge in [0.1, 0.15) is 5.75 Å². The lowest BCUT2D eigenvalue weighted by Crippen LogP contribution is -1.94. The first-order chi connectivity index (χ1) is 10.0. The van der Waals surface area contributed by atoms with Gasteiger partial charge in [-0.25, -0.2) is 0 Å². The second kappa shape index (κ2) is 6.45. The zero-order valence-corrected chi connectivity index (χ0v) is 12.0. The second-order valence-corrected chi connectivity index (χ2v) is 5.26. The van der Waals surface area contributed by atoms with E-state index >= 15 is 0 Å². The largest absolute Gasteiger partial charge is 0.496 e. The number of hydrogen-bond acceptors (Lipinski definition) is 5. The average molecular weight is 308 g/mol. The lowest BCUT2D eigenvalue weighted by molar-refractivity contribution is -0.387. The van der Waals surface area contributed by atoms with Crippen LogP contribution in [0, 0.1) is 15.9 Å². The van der Waals surface area contributed by atoms with Crippen molar-refractivity contribution in [1.29, 1.82) is 0 Å². The van der Waals surface area contributed by atoms with E-state index < -0.39 is 16.4 Å². The molecule has 2 N–H and O–H groups in total. The Morgan fingerprint density at radius 2 is 2.10 bits per heavy atom. The number of hydrogen-bond donors (Lipinski definition) is 1. The summed E-state index contributed by atoms with van der Waals surface area (Å²) in [7, 11) is 1.55. The molecule has 0 amide bonds. The fourth-order valence-electron chi connectivity index (χ4n) is 1.75. The summed E-state index contributed by atoms with van der Waals surface area (Å²) in [5, 5.41) is 10.6. The number of nitro benzene ring substituents is 1. The van der Waals surface area contributed by atoms with Crippen molar-refractivity contribution in [3.63, 3.8) is 0 Å². The van der Waals surface area contributed by atoms with Crippen molar-refractivity contribution in [1.82, 2.24) is 0 Å². The van der Waals surface area contributed by atoms with E-state index in [-0.39, 0.29) is 0 Å². The first-order valence-corrected chi connectivity index (χ1v) is 6.99. The number of methoxy groups -OCH3 is 1. The number of nitro groups is 1. The van der Waals surface area contributed by atoms with Gasteiger partial charge in [-0.1, -0.05) is 6.07 Å². The van der Waals surface area contributed by atoms with Crippen LogP contribution in [0.4, 0.5) is 15.8 Å². The maximum atomic E-state index is 13.5. The van der Waals surface area contributed by atoms with Crippen molar-refractivity contribution in [2.75, 3.05) is 12.8 Å². The summed E-state index contributed by atoms with van der Waals surface area (Å²) < 4.78 is 18.8. The minimum absolute atomic E-state index is 0.467. The van der Waals surface area contributed by atoms with Crippen LogP contribution >= 0.6 is 11.8 Å². The molecule has 0 aromatic heterocycles. The number of halogens is 1. The fraction of sp³-hybridized carbons (Fsp3) is 0.143. The smallest absolute Gasteiger partial charge is 0.304 e. The molecule has 0 aliphatic heterocycles. The van der Waals surface area contributed by atoms with Gasteiger partial charge >= 0.3 is 5.69 Å². The quantitative estimate of drug-likeness (QED) is 0.395. The molecule has 0 unspecified atom stereocenters. The molecule has 0 saturated carbocycles. The zero-order valence-electron chi connectivity index (χ0n) is 11.2. The van der Waals surface area contributed by atoms with Crippen molar-refractivity contribution in [3.8, 4) is 5.75 Å². The Morgan fingerprint density at radius 3 is 2.71 bits per heavy atom. The summed E-state index contributed by atoms with van der Waals surface area (Å²) in [6, 6.07) is 9.17. The van der Waals surface area contributed by atoms with Crippen LogP contribution in [0.2, 0.25) is 0 Å². The molecule has 2 aromatic carbocycles. The number of anilines is 1. The Hall–Kier alpha value is -2.28. The van der Waals surface area contributed by atoms with Crippen molar-refractivity contribution in [3.05, 3.63) is 57.9 Å². The van der Waals surface area contributed by atoms with Gasteiger partial charge in [-0.05, 0) is 23.8 Å². The summed E-state index contributed by atoms with van der Waals surface area (Å²) >= 11 is 1.44. The van der Waals surface area contributed by atoms with Crippen LogP contribution in [0.15, 0.2) is 41.3 Å². The van der Waals surface area contributed by atoms with E-state index in [1.165, 1.54) is 30.0 Å². The van der Waals surface area contributed by atoms with E-state index in [0.717, 1.165) is 4.90 Å². The van der Waals surface area contributed by atoms with Gasteiger partial charge in [-0.3, -0.25) is 10.1 Å². The van der Waals surface area contributed by atoms with Crippen LogP contribution in [0.5, 0.6) is 5.75 Å². The molecule has 2 aromatic rings. The molecule has 0 aliphatic carbocycles. The van der Waals surface area contributed by atoms with Crippen molar-refractivity contribution < 1.29 is 14.1 Å². The van der Waals surface area contributed by atoms with Gasteiger partial charge in [0.2, 0.25) is 5.82 Å². The minimum atomic E-state index is -0.831. The van der Waals surface area contributed by atoms with E-state index in [1.807, 2.05) is 6.07 Å². The standard InChI is InChI=1S/C14H13FN2O3S/c1-20-13-7-10(16)3-5-14(13)21-8-9-2-4-12(17(18)19)11(15)6-9/h2-7H,8,16H2,1H3. The van der Waals surface area contributed by atoms with E-state index in [4.69, 9.17) is 10.5 Å². The lowest BCUT2D eigenvalue weighted by atomic mass is 10.2. The maximum absolute atomic E-state index is 13.5. The summed E-state index contributed by atoms with van der Waals surface area (Å²) in [5.74, 6) is 0.277. The minimum Gasteiger partial charge on any atom is -0.496 e. The average Bonchev–Trinajstić information content (AvgIpc) is 2.45. The molecule has 7 heteroatoms. The number of nitrogen functional groups attached to an aromatic ring is 1. The van der Waals surface area contributed by atoms with E-state index in [9.17, 15) is 14.5 Å².